The second-order valence-electron chi connectivity index (χ2n) is 5.85. The lowest BCUT2D eigenvalue weighted by Crippen LogP contribution is -2.35. The van der Waals surface area contributed by atoms with Crippen LogP contribution in [0.4, 0.5) is 5.69 Å². The Labute approximate surface area is 175 Å². The van der Waals surface area contributed by atoms with Crippen molar-refractivity contribution in [2.75, 3.05) is 12.1 Å². The van der Waals surface area contributed by atoms with Gasteiger partial charge in [-0.1, -0.05) is 13.0 Å². The predicted octanol–water partition coefficient (Wildman–Crippen LogP) is 3.08. The van der Waals surface area contributed by atoms with E-state index >= 15 is 0 Å². The van der Waals surface area contributed by atoms with E-state index in [-0.39, 0.29) is 23.7 Å². The quantitative estimate of drug-likeness (QED) is 0.228. The fraction of sp³-hybridized carbons (Fsp3) is 0.150. The molecule has 2 aromatic carbocycles. The lowest BCUT2D eigenvalue weighted by molar-refractivity contribution is -0.134. The standard InChI is InChI=1S/C20H17IN2O5/c1-3-18(24)28-16-9-4-12(11-17(16)27-2)10-15-19(25)22-23(20(15)26)14-7-5-13(21)6-8-14/h4-11H,3H2,1-2H3,(H,22,25)/b15-10-. The van der Waals surface area contributed by atoms with Crippen LogP contribution in [0.5, 0.6) is 11.5 Å². The molecule has 1 saturated heterocycles. The lowest BCUT2D eigenvalue weighted by Gasteiger charge is -2.14. The first kappa shape index (κ1) is 19.9. The molecule has 1 aliphatic heterocycles. The Kier molecular flexibility index (Phi) is 5.98. The molecule has 0 radical (unpaired) electrons. The van der Waals surface area contributed by atoms with E-state index in [1.807, 2.05) is 12.1 Å². The molecular formula is C20H17IN2O5. The molecule has 1 N–H and O–H groups in total. The van der Waals surface area contributed by atoms with E-state index in [0.29, 0.717) is 17.0 Å². The third-order valence-corrected chi connectivity index (χ3v) is 4.71. The number of ether oxygens (including phenoxy) is 2. The van der Waals surface area contributed by atoms with Crippen LogP contribution in [0.1, 0.15) is 18.9 Å². The van der Waals surface area contributed by atoms with E-state index in [2.05, 4.69) is 28.0 Å². The Balaban J connectivity index is 1.88. The van der Waals surface area contributed by atoms with Crippen LogP contribution in [-0.2, 0) is 14.4 Å². The lowest BCUT2D eigenvalue weighted by atomic mass is 10.1. The summed E-state index contributed by atoms with van der Waals surface area (Å²) in [6.07, 6.45) is 1.70. The van der Waals surface area contributed by atoms with Crippen molar-refractivity contribution in [2.45, 2.75) is 13.3 Å². The zero-order chi connectivity index (χ0) is 20.3. The van der Waals surface area contributed by atoms with Crippen LogP contribution in [0.2, 0.25) is 0 Å². The molecule has 3 rings (SSSR count). The SMILES string of the molecule is CCC(=O)Oc1ccc(/C=C2/C(=O)NN(c3ccc(I)cc3)C2=O)cc1OC. The zero-order valence-electron chi connectivity index (χ0n) is 15.2. The highest BCUT2D eigenvalue weighted by atomic mass is 127. The Morgan fingerprint density at radius 3 is 2.50 bits per heavy atom. The number of benzene rings is 2. The minimum atomic E-state index is -0.496. The van der Waals surface area contributed by atoms with Gasteiger partial charge in [-0.05, 0) is 70.6 Å². The van der Waals surface area contributed by atoms with E-state index in [1.54, 1.807) is 37.3 Å². The highest BCUT2D eigenvalue weighted by Gasteiger charge is 2.34. The second-order valence-corrected chi connectivity index (χ2v) is 7.10. The molecule has 0 aromatic heterocycles. The number of anilines is 1. The van der Waals surface area contributed by atoms with Crippen molar-refractivity contribution in [2.24, 2.45) is 0 Å². The molecule has 1 fully saturated rings. The maximum absolute atomic E-state index is 12.7. The van der Waals surface area contributed by atoms with Crippen LogP contribution in [0.25, 0.3) is 6.08 Å². The molecule has 28 heavy (non-hydrogen) atoms. The van der Waals surface area contributed by atoms with Gasteiger partial charge in [0.15, 0.2) is 11.5 Å². The number of hydrogen-bond donors (Lipinski definition) is 1. The Morgan fingerprint density at radius 2 is 1.86 bits per heavy atom. The Bertz CT molecular complexity index is 969. The van der Waals surface area contributed by atoms with Crippen LogP contribution < -0.4 is 19.9 Å². The first-order valence-electron chi connectivity index (χ1n) is 8.44. The summed E-state index contributed by atoms with van der Waals surface area (Å²) in [7, 11) is 1.45. The second kappa shape index (κ2) is 8.42. The fourth-order valence-corrected chi connectivity index (χ4v) is 2.91. The van der Waals surface area contributed by atoms with Crippen molar-refractivity contribution in [3.05, 3.63) is 57.2 Å². The highest BCUT2D eigenvalue weighted by molar-refractivity contribution is 14.1. The summed E-state index contributed by atoms with van der Waals surface area (Å²) in [5.74, 6) is -0.728. The van der Waals surface area contributed by atoms with Gasteiger partial charge >= 0.3 is 5.97 Å². The molecule has 0 saturated carbocycles. The zero-order valence-corrected chi connectivity index (χ0v) is 17.3. The summed E-state index contributed by atoms with van der Waals surface area (Å²) in [5.41, 5.74) is 3.69. The maximum atomic E-state index is 12.7. The van der Waals surface area contributed by atoms with Gasteiger partial charge < -0.3 is 9.47 Å². The molecule has 0 unspecified atom stereocenters. The topological polar surface area (TPSA) is 84.9 Å². The predicted molar refractivity (Wildman–Crippen MR) is 112 cm³/mol. The van der Waals surface area contributed by atoms with E-state index in [0.717, 1.165) is 3.57 Å². The van der Waals surface area contributed by atoms with Gasteiger partial charge in [0, 0.05) is 9.99 Å². The summed E-state index contributed by atoms with van der Waals surface area (Å²) < 4.78 is 11.5. The number of hydrogen-bond acceptors (Lipinski definition) is 5. The van der Waals surface area contributed by atoms with Crippen LogP contribution in [-0.4, -0.2) is 24.9 Å². The minimum Gasteiger partial charge on any atom is -0.493 e. The molecule has 8 heteroatoms. The summed E-state index contributed by atoms with van der Waals surface area (Å²) in [6, 6.07) is 12.0. The van der Waals surface area contributed by atoms with Crippen LogP contribution in [0.3, 0.4) is 0 Å². The number of amides is 2. The van der Waals surface area contributed by atoms with Gasteiger partial charge in [0.1, 0.15) is 5.57 Å². The molecule has 2 amide bonds. The summed E-state index contributed by atoms with van der Waals surface area (Å²) in [6.45, 7) is 1.69. The number of hydrazine groups is 1. The van der Waals surface area contributed by atoms with Gasteiger partial charge in [-0.3, -0.25) is 19.8 Å². The van der Waals surface area contributed by atoms with Crippen molar-refractivity contribution >= 4 is 52.1 Å². The first-order chi connectivity index (χ1) is 13.4. The number of nitrogens with one attached hydrogen (secondary N) is 1. The summed E-state index contributed by atoms with van der Waals surface area (Å²) in [5, 5.41) is 1.21. The molecule has 0 atom stereocenters. The molecule has 1 aliphatic rings. The van der Waals surface area contributed by atoms with Crippen molar-refractivity contribution in [3.8, 4) is 11.5 Å². The molecule has 0 aliphatic carbocycles. The van der Waals surface area contributed by atoms with Crippen molar-refractivity contribution in [3.63, 3.8) is 0 Å². The number of nitrogens with zero attached hydrogens (tertiary/aromatic N) is 1. The minimum absolute atomic E-state index is 0.00101. The number of halogens is 1. The van der Waals surface area contributed by atoms with Gasteiger partial charge in [0.25, 0.3) is 11.8 Å². The number of carbonyl (C=O) groups excluding carboxylic acids is 3. The maximum Gasteiger partial charge on any atom is 0.311 e. The number of carbonyl (C=O) groups is 3. The van der Waals surface area contributed by atoms with E-state index in [1.165, 1.54) is 18.2 Å². The Morgan fingerprint density at radius 1 is 1.14 bits per heavy atom. The van der Waals surface area contributed by atoms with Gasteiger partial charge in [-0.2, -0.15) is 0 Å². The summed E-state index contributed by atoms with van der Waals surface area (Å²) in [4.78, 5) is 36.5. The largest absolute Gasteiger partial charge is 0.493 e. The first-order valence-corrected chi connectivity index (χ1v) is 9.52. The number of methoxy groups -OCH3 is 1. The fourth-order valence-electron chi connectivity index (χ4n) is 2.55. The van der Waals surface area contributed by atoms with Crippen LogP contribution in [0, 0.1) is 3.57 Å². The van der Waals surface area contributed by atoms with Gasteiger partial charge in [-0.15, -0.1) is 0 Å². The molecule has 1 heterocycles. The Hall–Kier alpha value is -2.88. The van der Waals surface area contributed by atoms with Gasteiger partial charge in [0.05, 0.1) is 12.8 Å². The smallest absolute Gasteiger partial charge is 0.311 e. The number of rotatable bonds is 5. The molecule has 2 aromatic rings. The number of esters is 1. The van der Waals surface area contributed by atoms with Crippen molar-refractivity contribution in [1.82, 2.24) is 5.43 Å². The normalized spacial score (nSPS) is 15.0. The monoisotopic (exact) mass is 492 g/mol. The average molecular weight is 492 g/mol. The third kappa shape index (κ3) is 4.16. The summed E-state index contributed by atoms with van der Waals surface area (Å²) >= 11 is 2.16. The molecular weight excluding hydrogens is 475 g/mol. The third-order valence-electron chi connectivity index (χ3n) is 3.99. The van der Waals surface area contributed by atoms with E-state index in [9.17, 15) is 14.4 Å². The molecule has 144 valence electrons. The van der Waals surface area contributed by atoms with E-state index < -0.39 is 11.8 Å². The molecule has 7 nitrogen and oxygen atoms in total. The molecule has 0 bridgehead atoms. The van der Waals surface area contributed by atoms with Crippen molar-refractivity contribution in [1.29, 1.82) is 0 Å². The van der Waals surface area contributed by atoms with Crippen LogP contribution >= 0.6 is 22.6 Å². The van der Waals surface area contributed by atoms with E-state index in [4.69, 9.17) is 9.47 Å². The van der Waals surface area contributed by atoms with Crippen molar-refractivity contribution < 1.29 is 23.9 Å². The van der Waals surface area contributed by atoms with Crippen LogP contribution in [0.15, 0.2) is 48.0 Å². The molecule has 0 spiro atoms. The van der Waals surface area contributed by atoms with Gasteiger partial charge in [0.2, 0.25) is 0 Å². The average Bonchev–Trinajstić information content (AvgIpc) is 2.97. The highest BCUT2D eigenvalue weighted by Crippen LogP contribution is 2.30. The van der Waals surface area contributed by atoms with Gasteiger partial charge in [-0.25, -0.2) is 5.01 Å².